The SMILES string of the molecule is Cc1cc(C(=O)N2CCC3(CC2)COC3)cc(C)c1Br. The lowest BCUT2D eigenvalue weighted by Crippen LogP contribution is -2.52. The number of nitrogens with zero attached hydrogens (tertiary/aromatic N) is 1. The summed E-state index contributed by atoms with van der Waals surface area (Å²) in [5, 5.41) is 0. The minimum absolute atomic E-state index is 0.166. The summed E-state index contributed by atoms with van der Waals surface area (Å²) < 4.78 is 6.43. The molecule has 1 aromatic rings. The van der Waals surface area contributed by atoms with Crippen molar-refractivity contribution in [2.75, 3.05) is 26.3 Å². The maximum absolute atomic E-state index is 12.6. The van der Waals surface area contributed by atoms with E-state index in [4.69, 9.17) is 4.74 Å². The van der Waals surface area contributed by atoms with Crippen LogP contribution >= 0.6 is 15.9 Å². The van der Waals surface area contributed by atoms with Gasteiger partial charge in [0.05, 0.1) is 13.2 Å². The fourth-order valence-electron chi connectivity index (χ4n) is 3.12. The standard InChI is InChI=1S/C16H20BrNO2/c1-11-7-13(8-12(2)14(11)17)15(19)18-5-3-16(4-6-18)9-20-10-16/h7-8H,3-6,9-10H2,1-2H3. The Labute approximate surface area is 128 Å². The lowest BCUT2D eigenvalue weighted by molar-refractivity contribution is -0.136. The molecule has 3 rings (SSSR count). The molecule has 20 heavy (non-hydrogen) atoms. The van der Waals surface area contributed by atoms with Crippen LogP contribution in [-0.2, 0) is 4.74 Å². The van der Waals surface area contributed by atoms with Gasteiger partial charge in [0, 0.05) is 28.5 Å². The van der Waals surface area contributed by atoms with Gasteiger partial charge in [-0.2, -0.15) is 0 Å². The first kappa shape index (κ1) is 14.1. The molecule has 1 amide bonds. The quantitative estimate of drug-likeness (QED) is 0.786. The Bertz CT molecular complexity index is 518. The van der Waals surface area contributed by atoms with E-state index in [1.54, 1.807) is 0 Å². The van der Waals surface area contributed by atoms with E-state index in [-0.39, 0.29) is 5.91 Å². The molecule has 0 aliphatic carbocycles. The van der Waals surface area contributed by atoms with Crippen LogP contribution in [0.15, 0.2) is 16.6 Å². The number of halogens is 1. The Morgan fingerprint density at radius 2 is 1.75 bits per heavy atom. The van der Waals surface area contributed by atoms with Crippen LogP contribution in [0, 0.1) is 19.3 Å². The third-order valence-corrected chi connectivity index (χ3v) is 5.86. The molecule has 2 fully saturated rings. The lowest BCUT2D eigenvalue weighted by Gasteiger charge is -2.47. The largest absolute Gasteiger partial charge is 0.380 e. The predicted molar refractivity (Wildman–Crippen MR) is 82.0 cm³/mol. The number of likely N-dealkylation sites (tertiary alicyclic amines) is 1. The van der Waals surface area contributed by atoms with Crippen molar-refractivity contribution in [3.8, 4) is 0 Å². The number of benzene rings is 1. The average Bonchev–Trinajstić information content (AvgIpc) is 2.42. The van der Waals surface area contributed by atoms with Crippen LogP contribution in [0.2, 0.25) is 0 Å². The first-order chi connectivity index (χ1) is 9.51. The van der Waals surface area contributed by atoms with E-state index in [2.05, 4.69) is 15.9 Å². The molecule has 108 valence electrons. The highest BCUT2D eigenvalue weighted by Crippen LogP contribution is 2.38. The Kier molecular flexibility index (Phi) is 3.63. The van der Waals surface area contributed by atoms with E-state index in [9.17, 15) is 4.79 Å². The molecule has 0 aromatic heterocycles. The number of hydrogen-bond acceptors (Lipinski definition) is 2. The summed E-state index contributed by atoms with van der Waals surface area (Å²) in [6.45, 7) is 7.54. The van der Waals surface area contributed by atoms with Crippen LogP contribution in [0.4, 0.5) is 0 Å². The second-order valence-electron chi connectivity index (χ2n) is 6.21. The van der Waals surface area contributed by atoms with Gasteiger partial charge in [-0.05, 0) is 49.9 Å². The first-order valence-corrected chi connectivity index (χ1v) is 7.94. The summed E-state index contributed by atoms with van der Waals surface area (Å²) >= 11 is 3.55. The van der Waals surface area contributed by atoms with Gasteiger partial charge in [-0.3, -0.25) is 4.79 Å². The number of hydrogen-bond donors (Lipinski definition) is 0. The normalized spacial score (nSPS) is 20.9. The van der Waals surface area contributed by atoms with Crippen molar-refractivity contribution in [2.45, 2.75) is 26.7 Å². The molecule has 3 nitrogen and oxygen atoms in total. The lowest BCUT2D eigenvalue weighted by atomic mass is 9.77. The van der Waals surface area contributed by atoms with E-state index in [1.807, 2.05) is 30.9 Å². The molecular weight excluding hydrogens is 318 g/mol. The summed E-state index contributed by atoms with van der Waals surface area (Å²) in [5.74, 6) is 0.166. The smallest absolute Gasteiger partial charge is 0.253 e. The summed E-state index contributed by atoms with van der Waals surface area (Å²) in [6, 6.07) is 3.96. The highest BCUT2D eigenvalue weighted by atomic mass is 79.9. The van der Waals surface area contributed by atoms with Crippen molar-refractivity contribution in [2.24, 2.45) is 5.41 Å². The van der Waals surface area contributed by atoms with Crippen molar-refractivity contribution >= 4 is 21.8 Å². The maximum atomic E-state index is 12.6. The van der Waals surface area contributed by atoms with Gasteiger partial charge in [-0.15, -0.1) is 0 Å². The molecule has 0 atom stereocenters. The highest BCUT2D eigenvalue weighted by molar-refractivity contribution is 9.10. The van der Waals surface area contributed by atoms with E-state index < -0.39 is 0 Å². The van der Waals surface area contributed by atoms with Crippen molar-refractivity contribution < 1.29 is 9.53 Å². The zero-order valence-electron chi connectivity index (χ0n) is 12.0. The maximum Gasteiger partial charge on any atom is 0.253 e. The Balaban J connectivity index is 1.73. The molecule has 0 unspecified atom stereocenters. The molecule has 0 bridgehead atoms. The zero-order valence-corrected chi connectivity index (χ0v) is 13.6. The van der Waals surface area contributed by atoms with Crippen LogP contribution in [0.1, 0.15) is 34.3 Å². The van der Waals surface area contributed by atoms with E-state index in [0.717, 1.165) is 60.3 Å². The average molecular weight is 338 g/mol. The molecule has 4 heteroatoms. The Morgan fingerprint density at radius 1 is 1.20 bits per heavy atom. The number of amides is 1. The fourth-order valence-corrected chi connectivity index (χ4v) is 3.34. The van der Waals surface area contributed by atoms with Gasteiger partial charge >= 0.3 is 0 Å². The highest BCUT2D eigenvalue weighted by Gasteiger charge is 2.42. The summed E-state index contributed by atoms with van der Waals surface area (Å²) in [7, 11) is 0. The monoisotopic (exact) mass is 337 g/mol. The summed E-state index contributed by atoms with van der Waals surface area (Å²) in [6.07, 6.45) is 2.15. The zero-order chi connectivity index (χ0) is 14.3. The topological polar surface area (TPSA) is 29.5 Å². The molecule has 1 spiro atoms. The van der Waals surface area contributed by atoms with Gasteiger partial charge < -0.3 is 9.64 Å². The minimum atomic E-state index is 0.166. The number of carbonyl (C=O) groups excluding carboxylic acids is 1. The third-order valence-electron chi connectivity index (χ3n) is 4.61. The van der Waals surface area contributed by atoms with Crippen molar-refractivity contribution in [3.05, 3.63) is 33.3 Å². The van der Waals surface area contributed by atoms with Crippen LogP contribution in [0.5, 0.6) is 0 Å². The fraction of sp³-hybridized carbons (Fsp3) is 0.562. The summed E-state index contributed by atoms with van der Waals surface area (Å²) in [4.78, 5) is 14.6. The molecule has 0 saturated carbocycles. The molecule has 1 aromatic carbocycles. The van der Waals surface area contributed by atoms with Gasteiger partial charge in [-0.1, -0.05) is 15.9 Å². The molecular formula is C16H20BrNO2. The molecule has 2 saturated heterocycles. The third kappa shape index (κ3) is 2.40. The predicted octanol–water partition coefficient (Wildman–Crippen LogP) is 3.32. The van der Waals surface area contributed by atoms with Gasteiger partial charge in [0.25, 0.3) is 5.91 Å². The molecule has 2 heterocycles. The number of aryl methyl sites for hydroxylation is 2. The van der Waals surface area contributed by atoms with E-state index in [1.165, 1.54) is 0 Å². The number of rotatable bonds is 1. The van der Waals surface area contributed by atoms with Crippen LogP contribution in [0.3, 0.4) is 0 Å². The van der Waals surface area contributed by atoms with Crippen LogP contribution in [-0.4, -0.2) is 37.1 Å². The molecule has 0 radical (unpaired) electrons. The van der Waals surface area contributed by atoms with E-state index in [0.29, 0.717) is 5.41 Å². The number of ether oxygens (including phenoxy) is 1. The van der Waals surface area contributed by atoms with Gasteiger partial charge in [0.2, 0.25) is 0 Å². The van der Waals surface area contributed by atoms with Crippen molar-refractivity contribution in [1.82, 2.24) is 4.90 Å². The van der Waals surface area contributed by atoms with Gasteiger partial charge in [0.1, 0.15) is 0 Å². The second kappa shape index (κ2) is 5.15. The molecule has 2 aliphatic heterocycles. The molecule has 0 N–H and O–H groups in total. The first-order valence-electron chi connectivity index (χ1n) is 7.15. The van der Waals surface area contributed by atoms with Crippen molar-refractivity contribution in [3.63, 3.8) is 0 Å². The Morgan fingerprint density at radius 3 is 2.20 bits per heavy atom. The Hall–Kier alpha value is -0.870. The number of piperidine rings is 1. The summed E-state index contributed by atoms with van der Waals surface area (Å²) in [5.41, 5.74) is 3.43. The van der Waals surface area contributed by atoms with Gasteiger partial charge in [0.15, 0.2) is 0 Å². The number of carbonyl (C=O) groups is 1. The van der Waals surface area contributed by atoms with Crippen LogP contribution < -0.4 is 0 Å². The van der Waals surface area contributed by atoms with E-state index >= 15 is 0 Å². The minimum Gasteiger partial charge on any atom is -0.380 e. The molecule has 2 aliphatic rings. The van der Waals surface area contributed by atoms with Crippen LogP contribution in [0.25, 0.3) is 0 Å². The second-order valence-corrected chi connectivity index (χ2v) is 7.00. The van der Waals surface area contributed by atoms with Gasteiger partial charge in [-0.25, -0.2) is 0 Å². The van der Waals surface area contributed by atoms with Crippen molar-refractivity contribution in [1.29, 1.82) is 0 Å².